The van der Waals surface area contributed by atoms with E-state index < -0.39 is 33.0 Å². The zero-order valence-corrected chi connectivity index (χ0v) is 12.8. The Balaban J connectivity index is 2.41. The highest BCUT2D eigenvalue weighted by atomic mass is 16.6. The van der Waals surface area contributed by atoms with Gasteiger partial charge in [-0.1, -0.05) is 0 Å². The lowest BCUT2D eigenvalue weighted by Gasteiger charge is -2.04. The van der Waals surface area contributed by atoms with Crippen LogP contribution in [0.2, 0.25) is 0 Å². The Labute approximate surface area is 139 Å². The first-order valence-corrected chi connectivity index (χ1v) is 6.85. The first kappa shape index (κ1) is 17.5. The van der Waals surface area contributed by atoms with Crippen molar-refractivity contribution in [2.45, 2.75) is 13.5 Å². The largest absolute Gasteiger partial charge is 0.364 e. The minimum atomic E-state index is -0.884. The molecule has 0 fully saturated rings. The van der Waals surface area contributed by atoms with Crippen LogP contribution >= 0.6 is 0 Å². The maximum atomic E-state index is 12.3. The number of primary amides is 1. The Hall–Kier alpha value is -3.83. The number of carbonyl (C=O) groups excluding carboxylic acids is 2. The number of amides is 2. The second kappa shape index (κ2) is 6.74. The molecule has 1 aromatic carbocycles. The molecule has 0 atom stereocenters. The number of aryl methyl sites for hydroxylation is 1. The van der Waals surface area contributed by atoms with Gasteiger partial charge in [0.15, 0.2) is 5.69 Å². The summed E-state index contributed by atoms with van der Waals surface area (Å²) in [5.41, 5.74) is 3.43. The molecule has 0 unspecified atom stereocenters. The molecule has 0 saturated carbocycles. The molecule has 130 valence electrons. The van der Waals surface area contributed by atoms with E-state index in [-0.39, 0.29) is 16.9 Å². The number of hydrogen-bond donors (Lipinski definition) is 2. The molecule has 12 heteroatoms. The second-order valence-corrected chi connectivity index (χ2v) is 4.82. The van der Waals surface area contributed by atoms with Crippen LogP contribution in [0.4, 0.5) is 17.1 Å². The minimum absolute atomic E-state index is 0.00601. The van der Waals surface area contributed by atoms with Crippen LogP contribution in [0.1, 0.15) is 27.8 Å². The molecule has 0 bridgehead atoms. The number of hydrogen-bond acceptors (Lipinski definition) is 7. The molecule has 0 aliphatic heterocycles. The van der Waals surface area contributed by atoms with E-state index in [9.17, 15) is 29.8 Å². The van der Waals surface area contributed by atoms with Crippen molar-refractivity contribution >= 4 is 28.9 Å². The van der Waals surface area contributed by atoms with Crippen molar-refractivity contribution in [3.05, 3.63) is 55.9 Å². The molecule has 0 radical (unpaired) electrons. The first-order valence-electron chi connectivity index (χ1n) is 6.85. The van der Waals surface area contributed by atoms with Crippen molar-refractivity contribution in [1.29, 1.82) is 0 Å². The summed E-state index contributed by atoms with van der Waals surface area (Å²) in [6.45, 7) is 2.14. The maximum absolute atomic E-state index is 12.3. The van der Waals surface area contributed by atoms with Crippen molar-refractivity contribution in [1.82, 2.24) is 9.78 Å². The van der Waals surface area contributed by atoms with Gasteiger partial charge >= 0.3 is 0 Å². The summed E-state index contributed by atoms with van der Waals surface area (Å²) < 4.78 is 1.35. The molecular formula is C13H12N6O6. The number of aromatic nitrogens is 2. The standard InChI is InChI=1S/C13H12N6O6/c1-2-17-6-10(11(16-17)12(14)20)15-13(21)7-3-8(18(22)23)5-9(4-7)19(24)25/h3-6H,2H2,1H3,(H2,14,20)(H,15,21). The summed E-state index contributed by atoms with van der Waals surface area (Å²) in [6, 6.07) is 2.51. The van der Waals surface area contributed by atoms with Crippen molar-refractivity contribution in [3.8, 4) is 0 Å². The minimum Gasteiger partial charge on any atom is -0.364 e. The molecule has 2 aromatic rings. The van der Waals surface area contributed by atoms with E-state index in [0.717, 1.165) is 18.2 Å². The average molecular weight is 348 g/mol. The summed E-state index contributed by atoms with van der Waals surface area (Å²) in [5, 5.41) is 27.9. The van der Waals surface area contributed by atoms with Crippen LogP contribution in [0.3, 0.4) is 0 Å². The van der Waals surface area contributed by atoms with E-state index in [1.807, 2.05) is 0 Å². The van der Waals surface area contributed by atoms with Gasteiger partial charge in [0.1, 0.15) is 0 Å². The van der Waals surface area contributed by atoms with Crippen LogP contribution in [-0.2, 0) is 6.54 Å². The summed E-state index contributed by atoms with van der Waals surface area (Å²) in [7, 11) is 0. The number of non-ortho nitro benzene ring substituents is 2. The Morgan fingerprint density at radius 2 is 1.76 bits per heavy atom. The third kappa shape index (κ3) is 3.74. The molecule has 1 heterocycles. The third-order valence-corrected chi connectivity index (χ3v) is 3.15. The smallest absolute Gasteiger partial charge is 0.277 e. The highest BCUT2D eigenvalue weighted by molar-refractivity contribution is 6.08. The molecule has 1 aromatic heterocycles. The lowest BCUT2D eigenvalue weighted by Crippen LogP contribution is -2.18. The number of nitro groups is 2. The quantitative estimate of drug-likeness (QED) is 0.579. The van der Waals surface area contributed by atoms with Gasteiger partial charge in [0.25, 0.3) is 23.2 Å². The summed E-state index contributed by atoms with van der Waals surface area (Å²) in [6.07, 6.45) is 1.35. The van der Waals surface area contributed by atoms with Gasteiger partial charge in [0.2, 0.25) is 0 Å². The molecule has 2 amide bonds. The number of nitrogens with one attached hydrogen (secondary N) is 1. The predicted octanol–water partition coefficient (Wildman–Crippen LogP) is 1.07. The van der Waals surface area contributed by atoms with Gasteiger partial charge in [-0.25, -0.2) is 0 Å². The van der Waals surface area contributed by atoms with E-state index in [2.05, 4.69) is 10.4 Å². The number of benzene rings is 1. The molecular weight excluding hydrogens is 336 g/mol. The zero-order chi connectivity index (χ0) is 18.7. The fourth-order valence-corrected chi connectivity index (χ4v) is 1.99. The fourth-order valence-electron chi connectivity index (χ4n) is 1.99. The maximum Gasteiger partial charge on any atom is 0.277 e. The van der Waals surface area contributed by atoms with Crippen molar-refractivity contribution in [3.63, 3.8) is 0 Å². The average Bonchev–Trinajstić information content (AvgIpc) is 2.97. The van der Waals surface area contributed by atoms with Gasteiger partial charge in [-0.2, -0.15) is 5.10 Å². The van der Waals surface area contributed by atoms with Crippen LogP contribution in [0.25, 0.3) is 0 Å². The molecule has 0 aliphatic rings. The van der Waals surface area contributed by atoms with Crippen LogP contribution < -0.4 is 11.1 Å². The number of rotatable bonds is 6. The molecule has 0 saturated heterocycles. The topological polar surface area (TPSA) is 176 Å². The Morgan fingerprint density at radius 3 is 2.20 bits per heavy atom. The van der Waals surface area contributed by atoms with Crippen LogP contribution in [-0.4, -0.2) is 31.4 Å². The Morgan fingerprint density at radius 1 is 1.20 bits per heavy atom. The first-order chi connectivity index (χ1) is 11.7. The monoisotopic (exact) mass is 348 g/mol. The summed E-state index contributed by atoms with van der Waals surface area (Å²) >= 11 is 0. The molecule has 3 N–H and O–H groups in total. The SMILES string of the molecule is CCn1cc(NC(=O)c2cc([N+](=O)[O-])cc([N+](=O)[O-])c2)c(C(N)=O)n1. The lowest BCUT2D eigenvalue weighted by molar-refractivity contribution is -0.394. The molecule has 0 spiro atoms. The van der Waals surface area contributed by atoms with Crippen LogP contribution in [0.5, 0.6) is 0 Å². The van der Waals surface area contributed by atoms with E-state index in [1.54, 1.807) is 6.92 Å². The van der Waals surface area contributed by atoms with Gasteiger partial charge in [-0.15, -0.1) is 0 Å². The predicted molar refractivity (Wildman–Crippen MR) is 84.1 cm³/mol. The fraction of sp³-hybridized carbons (Fsp3) is 0.154. The van der Waals surface area contributed by atoms with Crippen molar-refractivity contribution in [2.24, 2.45) is 5.73 Å². The van der Waals surface area contributed by atoms with Gasteiger partial charge in [-0.3, -0.25) is 34.5 Å². The molecule has 2 rings (SSSR count). The van der Waals surface area contributed by atoms with Gasteiger partial charge in [0.05, 0.1) is 27.2 Å². The van der Waals surface area contributed by atoms with Crippen molar-refractivity contribution in [2.75, 3.05) is 5.32 Å². The number of nitrogens with two attached hydrogens (primary N) is 1. The van der Waals surface area contributed by atoms with Gasteiger partial charge < -0.3 is 11.1 Å². The summed E-state index contributed by atoms with van der Waals surface area (Å²) in [4.78, 5) is 43.7. The van der Waals surface area contributed by atoms with Gasteiger partial charge in [-0.05, 0) is 6.92 Å². The highest BCUT2D eigenvalue weighted by Crippen LogP contribution is 2.24. The summed E-state index contributed by atoms with van der Waals surface area (Å²) in [5.74, 6) is -1.77. The van der Waals surface area contributed by atoms with E-state index in [4.69, 9.17) is 5.73 Å². The van der Waals surface area contributed by atoms with Crippen LogP contribution in [0.15, 0.2) is 24.4 Å². The number of anilines is 1. The lowest BCUT2D eigenvalue weighted by atomic mass is 10.1. The number of nitrogens with zero attached hydrogens (tertiary/aromatic N) is 4. The third-order valence-electron chi connectivity index (χ3n) is 3.15. The number of nitro benzene ring substituents is 2. The van der Waals surface area contributed by atoms with E-state index in [1.165, 1.54) is 10.9 Å². The normalized spacial score (nSPS) is 10.3. The Bertz CT molecular complexity index is 857. The van der Waals surface area contributed by atoms with E-state index >= 15 is 0 Å². The highest BCUT2D eigenvalue weighted by Gasteiger charge is 2.22. The van der Waals surface area contributed by atoms with Crippen molar-refractivity contribution < 1.29 is 19.4 Å². The van der Waals surface area contributed by atoms with E-state index in [0.29, 0.717) is 6.54 Å². The number of carbonyl (C=O) groups is 2. The Kier molecular flexibility index (Phi) is 4.72. The zero-order valence-electron chi connectivity index (χ0n) is 12.8. The van der Waals surface area contributed by atoms with Crippen LogP contribution in [0, 0.1) is 20.2 Å². The van der Waals surface area contributed by atoms with Gasteiger partial charge in [0, 0.05) is 24.9 Å². The second-order valence-electron chi connectivity index (χ2n) is 4.82. The molecule has 12 nitrogen and oxygen atoms in total. The molecule has 25 heavy (non-hydrogen) atoms. The molecule has 0 aliphatic carbocycles.